The van der Waals surface area contributed by atoms with Crippen LogP contribution in [0, 0.1) is 6.92 Å². The monoisotopic (exact) mass is 411 g/mol. The van der Waals surface area contributed by atoms with E-state index in [1.54, 1.807) is 30.3 Å². The Labute approximate surface area is 167 Å². The number of hydrogen-bond acceptors (Lipinski definition) is 4. The van der Waals surface area contributed by atoms with Crippen LogP contribution in [0.25, 0.3) is 0 Å². The van der Waals surface area contributed by atoms with Crippen LogP contribution in [0.4, 0.5) is 5.69 Å². The van der Waals surface area contributed by atoms with Crippen molar-refractivity contribution in [2.45, 2.75) is 11.8 Å². The van der Waals surface area contributed by atoms with E-state index in [0.29, 0.717) is 0 Å². The lowest BCUT2D eigenvalue weighted by molar-refractivity contribution is 0.0980. The molecule has 0 saturated heterocycles. The molecule has 0 saturated carbocycles. The van der Waals surface area contributed by atoms with Crippen LogP contribution in [0.1, 0.15) is 37.4 Å². The highest BCUT2D eigenvalue weighted by Gasteiger charge is 2.34. The first-order chi connectivity index (χ1) is 13.3. The van der Waals surface area contributed by atoms with E-state index in [1.807, 2.05) is 6.92 Å². The first kappa shape index (κ1) is 18.4. The molecule has 3 aromatic carbocycles. The minimum absolute atomic E-state index is 0.00877. The average molecular weight is 412 g/mol. The molecule has 0 spiro atoms. The van der Waals surface area contributed by atoms with Gasteiger partial charge >= 0.3 is 0 Å². The molecule has 0 radical (unpaired) electrons. The quantitative estimate of drug-likeness (QED) is 0.547. The van der Waals surface area contributed by atoms with E-state index < -0.39 is 21.6 Å². The lowest BCUT2D eigenvalue weighted by Crippen LogP contribution is -2.24. The summed E-state index contributed by atoms with van der Waals surface area (Å²) in [6.07, 6.45) is 0. The fourth-order valence-corrected chi connectivity index (χ4v) is 4.50. The molecule has 0 atom stereocenters. The molecule has 3 aromatic rings. The molecule has 0 aliphatic heterocycles. The van der Waals surface area contributed by atoms with Crippen LogP contribution in [-0.2, 0) is 10.0 Å². The van der Waals surface area contributed by atoms with Crippen molar-refractivity contribution in [1.82, 2.24) is 0 Å². The van der Waals surface area contributed by atoms with Gasteiger partial charge in [-0.1, -0.05) is 53.6 Å². The van der Waals surface area contributed by atoms with Crippen molar-refractivity contribution < 1.29 is 18.0 Å². The number of benzene rings is 3. The standard InChI is InChI=1S/C21H14ClNO4S/c1-12-6-8-13(9-7-12)28(26,27)23-17-11-10-16(22)18-19(17)21(25)15-5-3-2-4-14(15)20(18)24/h2-11,23H,1H3. The molecular formula is C21H14ClNO4S. The van der Waals surface area contributed by atoms with Crippen molar-refractivity contribution in [3.63, 3.8) is 0 Å². The zero-order valence-electron chi connectivity index (χ0n) is 14.7. The number of fused-ring (bicyclic) bond motifs is 2. The summed E-state index contributed by atoms with van der Waals surface area (Å²) in [6.45, 7) is 1.85. The summed E-state index contributed by atoms with van der Waals surface area (Å²) in [6, 6.07) is 15.5. The van der Waals surface area contributed by atoms with Crippen LogP contribution in [0.3, 0.4) is 0 Å². The number of carbonyl (C=O) groups excluding carboxylic acids is 2. The number of hydrogen-bond donors (Lipinski definition) is 1. The summed E-state index contributed by atoms with van der Waals surface area (Å²) in [5, 5.41) is 0.0983. The van der Waals surface area contributed by atoms with Gasteiger partial charge in [0, 0.05) is 11.1 Å². The van der Waals surface area contributed by atoms with Gasteiger partial charge in [0.2, 0.25) is 0 Å². The highest BCUT2D eigenvalue weighted by atomic mass is 35.5. The molecule has 28 heavy (non-hydrogen) atoms. The van der Waals surface area contributed by atoms with Gasteiger partial charge in [0.25, 0.3) is 10.0 Å². The molecule has 7 heteroatoms. The Morgan fingerprint density at radius 1 is 0.786 bits per heavy atom. The maximum absolute atomic E-state index is 13.0. The molecule has 1 aliphatic carbocycles. The van der Waals surface area contributed by atoms with Gasteiger partial charge < -0.3 is 0 Å². The van der Waals surface area contributed by atoms with Crippen molar-refractivity contribution in [3.05, 3.63) is 93.5 Å². The number of aryl methyl sites for hydroxylation is 1. The second kappa shape index (κ2) is 6.58. The third-order valence-electron chi connectivity index (χ3n) is 4.60. The second-order valence-corrected chi connectivity index (χ2v) is 8.56. The molecule has 4 rings (SSSR count). The lowest BCUT2D eigenvalue weighted by Gasteiger charge is -2.21. The van der Waals surface area contributed by atoms with Crippen molar-refractivity contribution >= 4 is 38.9 Å². The Kier molecular flexibility index (Phi) is 4.33. The van der Waals surface area contributed by atoms with Gasteiger partial charge in [0.1, 0.15) is 0 Å². The van der Waals surface area contributed by atoms with Crippen molar-refractivity contribution in [1.29, 1.82) is 0 Å². The fourth-order valence-electron chi connectivity index (χ4n) is 3.19. The number of nitrogens with one attached hydrogen (secondary N) is 1. The molecule has 0 unspecified atom stereocenters. The molecule has 0 amide bonds. The molecule has 1 N–H and O–H groups in total. The molecule has 0 fully saturated rings. The van der Waals surface area contributed by atoms with Crippen LogP contribution < -0.4 is 4.72 Å². The Morgan fingerprint density at radius 3 is 1.96 bits per heavy atom. The third-order valence-corrected chi connectivity index (χ3v) is 6.30. The number of ketones is 2. The van der Waals surface area contributed by atoms with E-state index in [4.69, 9.17) is 11.6 Å². The van der Waals surface area contributed by atoms with Gasteiger partial charge in [-0.3, -0.25) is 14.3 Å². The predicted molar refractivity (Wildman–Crippen MR) is 107 cm³/mol. The zero-order chi connectivity index (χ0) is 20.1. The predicted octanol–water partition coefficient (Wildman–Crippen LogP) is 4.22. The van der Waals surface area contributed by atoms with E-state index in [9.17, 15) is 18.0 Å². The van der Waals surface area contributed by atoms with Crippen LogP contribution in [-0.4, -0.2) is 20.0 Å². The SMILES string of the molecule is Cc1ccc(S(=O)(=O)Nc2ccc(Cl)c3c2C(=O)c2ccccc2C3=O)cc1. The number of anilines is 1. The van der Waals surface area contributed by atoms with Crippen molar-refractivity contribution in [2.24, 2.45) is 0 Å². The number of carbonyl (C=O) groups is 2. The van der Waals surface area contributed by atoms with Gasteiger partial charge in [-0.25, -0.2) is 8.42 Å². The summed E-state index contributed by atoms with van der Waals surface area (Å²) >= 11 is 6.20. The van der Waals surface area contributed by atoms with Crippen LogP contribution in [0.2, 0.25) is 5.02 Å². The fraction of sp³-hybridized carbons (Fsp3) is 0.0476. The molecule has 5 nitrogen and oxygen atoms in total. The molecule has 0 bridgehead atoms. The third kappa shape index (κ3) is 2.91. The van der Waals surface area contributed by atoms with E-state index in [1.165, 1.54) is 30.3 Å². The van der Waals surface area contributed by atoms with Gasteiger partial charge in [0.05, 0.1) is 26.7 Å². The van der Waals surface area contributed by atoms with Crippen LogP contribution in [0.15, 0.2) is 65.6 Å². The number of rotatable bonds is 3. The summed E-state index contributed by atoms with van der Waals surface area (Å²) < 4.78 is 28.0. The summed E-state index contributed by atoms with van der Waals surface area (Å²) in [5.74, 6) is -0.860. The Morgan fingerprint density at radius 2 is 1.36 bits per heavy atom. The van der Waals surface area contributed by atoms with Crippen LogP contribution >= 0.6 is 11.6 Å². The summed E-state index contributed by atoms with van der Waals surface area (Å²) in [5.41, 5.74) is 1.38. The van der Waals surface area contributed by atoms with Crippen LogP contribution in [0.5, 0.6) is 0 Å². The maximum Gasteiger partial charge on any atom is 0.261 e. The molecule has 1 aliphatic rings. The van der Waals surface area contributed by atoms with E-state index >= 15 is 0 Å². The molecular weight excluding hydrogens is 398 g/mol. The van der Waals surface area contributed by atoms with Crippen molar-refractivity contribution in [2.75, 3.05) is 4.72 Å². The van der Waals surface area contributed by atoms with E-state index in [-0.39, 0.29) is 37.9 Å². The van der Waals surface area contributed by atoms with Gasteiger partial charge in [-0.2, -0.15) is 0 Å². The topological polar surface area (TPSA) is 80.3 Å². The first-order valence-electron chi connectivity index (χ1n) is 8.40. The lowest BCUT2D eigenvalue weighted by atomic mass is 9.83. The Hall–Kier alpha value is -2.96. The highest BCUT2D eigenvalue weighted by molar-refractivity contribution is 7.92. The number of sulfonamides is 1. The second-order valence-electron chi connectivity index (χ2n) is 6.47. The minimum atomic E-state index is -3.95. The largest absolute Gasteiger partial charge is 0.289 e. The average Bonchev–Trinajstić information content (AvgIpc) is 2.67. The first-order valence-corrected chi connectivity index (χ1v) is 10.3. The summed E-state index contributed by atoms with van der Waals surface area (Å²) in [7, 11) is -3.95. The number of halogens is 1. The summed E-state index contributed by atoms with van der Waals surface area (Å²) in [4.78, 5) is 26.0. The zero-order valence-corrected chi connectivity index (χ0v) is 16.3. The Bertz CT molecular complexity index is 1250. The van der Waals surface area contributed by atoms with Gasteiger partial charge in [-0.05, 0) is 31.2 Å². The van der Waals surface area contributed by atoms with Crippen molar-refractivity contribution in [3.8, 4) is 0 Å². The molecule has 140 valence electrons. The van der Waals surface area contributed by atoms with Gasteiger partial charge in [-0.15, -0.1) is 0 Å². The highest BCUT2D eigenvalue weighted by Crippen LogP contribution is 2.36. The Balaban J connectivity index is 1.86. The normalized spacial score (nSPS) is 13.1. The van der Waals surface area contributed by atoms with Gasteiger partial charge in [0.15, 0.2) is 11.6 Å². The van der Waals surface area contributed by atoms with E-state index in [0.717, 1.165) is 5.56 Å². The molecule has 0 aromatic heterocycles. The smallest absolute Gasteiger partial charge is 0.261 e. The molecule has 0 heterocycles. The minimum Gasteiger partial charge on any atom is -0.289 e. The maximum atomic E-state index is 13.0. The van der Waals surface area contributed by atoms with E-state index in [2.05, 4.69) is 4.72 Å².